The summed E-state index contributed by atoms with van der Waals surface area (Å²) in [5, 5.41) is 19.7. The van der Waals surface area contributed by atoms with Gasteiger partial charge in [-0.15, -0.1) is 0 Å². The van der Waals surface area contributed by atoms with Gasteiger partial charge >= 0.3 is 0 Å². The summed E-state index contributed by atoms with van der Waals surface area (Å²) in [6.07, 6.45) is -0.654. The highest BCUT2D eigenvalue weighted by molar-refractivity contribution is 5.91. The van der Waals surface area contributed by atoms with Crippen LogP contribution in [0.4, 0.5) is 5.69 Å². The Morgan fingerprint density at radius 1 is 1.09 bits per heavy atom. The van der Waals surface area contributed by atoms with Crippen molar-refractivity contribution in [2.75, 3.05) is 5.32 Å². The highest BCUT2D eigenvalue weighted by Crippen LogP contribution is 2.59. The SMILES string of the molecule is CC(C)[C@H](O)C(=O)N[C@H]1Cc2ccc3c(c2)C2(c4ccccc4N[C@H]2O3)c2oc(nc2-c2nc(C(N)=O)co2)[C@H](C(C)C)NC1=O. The molecule has 3 amide bonds. The maximum Gasteiger partial charge on any atom is 0.270 e. The first-order valence-corrected chi connectivity index (χ1v) is 15.2. The number of aliphatic hydroxyl groups is 1. The van der Waals surface area contributed by atoms with Crippen molar-refractivity contribution in [2.24, 2.45) is 17.6 Å². The lowest BCUT2D eigenvalue weighted by molar-refractivity contribution is -0.135. The third-order valence-corrected chi connectivity index (χ3v) is 8.91. The van der Waals surface area contributed by atoms with Crippen molar-refractivity contribution in [3.05, 3.63) is 82.8 Å². The summed E-state index contributed by atoms with van der Waals surface area (Å²) in [6.45, 7) is 7.25. The summed E-state index contributed by atoms with van der Waals surface area (Å²) in [4.78, 5) is 48.1. The molecular formula is C33H34N6O7. The first-order valence-electron chi connectivity index (χ1n) is 15.2. The van der Waals surface area contributed by atoms with Crippen LogP contribution in [-0.4, -0.2) is 51.2 Å². The number of primary amides is 1. The van der Waals surface area contributed by atoms with Crippen LogP contribution in [0, 0.1) is 11.8 Å². The lowest BCUT2D eigenvalue weighted by Crippen LogP contribution is -2.52. The van der Waals surface area contributed by atoms with Crippen LogP contribution in [0.3, 0.4) is 0 Å². The summed E-state index contributed by atoms with van der Waals surface area (Å²) >= 11 is 0. The molecule has 7 rings (SSSR count). The van der Waals surface area contributed by atoms with Gasteiger partial charge in [0, 0.05) is 17.7 Å². The van der Waals surface area contributed by atoms with Gasteiger partial charge in [-0.05, 0) is 35.1 Å². The molecule has 0 aliphatic carbocycles. The van der Waals surface area contributed by atoms with E-state index in [1.54, 1.807) is 13.8 Å². The van der Waals surface area contributed by atoms with Gasteiger partial charge in [0.15, 0.2) is 23.4 Å². The smallest absolute Gasteiger partial charge is 0.270 e. The minimum atomic E-state index is -1.29. The van der Waals surface area contributed by atoms with E-state index in [9.17, 15) is 19.5 Å². The number of nitrogens with two attached hydrogens (primary N) is 1. The summed E-state index contributed by atoms with van der Waals surface area (Å²) in [5.41, 5.74) is 7.71. The second-order valence-corrected chi connectivity index (χ2v) is 12.6. The third kappa shape index (κ3) is 4.44. The molecule has 0 fully saturated rings. The van der Waals surface area contributed by atoms with Crippen LogP contribution >= 0.6 is 0 Å². The first-order chi connectivity index (χ1) is 22.0. The Labute approximate surface area is 263 Å². The molecule has 1 unspecified atom stereocenters. The van der Waals surface area contributed by atoms with Crippen molar-refractivity contribution in [2.45, 2.75) is 63.9 Å². The van der Waals surface area contributed by atoms with Gasteiger partial charge in [-0.3, -0.25) is 14.4 Å². The van der Waals surface area contributed by atoms with Crippen molar-refractivity contribution in [1.29, 1.82) is 0 Å². The molecule has 2 aromatic carbocycles. The fourth-order valence-corrected chi connectivity index (χ4v) is 6.50. The number of aromatic nitrogens is 2. The van der Waals surface area contributed by atoms with Crippen LogP contribution in [0.15, 0.2) is 57.6 Å². The highest BCUT2D eigenvalue weighted by atomic mass is 16.5. The monoisotopic (exact) mass is 626 g/mol. The van der Waals surface area contributed by atoms with Gasteiger partial charge in [-0.2, -0.15) is 0 Å². The first kappa shape index (κ1) is 29.5. The molecule has 0 radical (unpaired) electrons. The van der Waals surface area contributed by atoms with Gasteiger partial charge in [0.05, 0.1) is 0 Å². The van der Waals surface area contributed by atoms with Crippen molar-refractivity contribution in [3.8, 4) is 17.3 Å². The molecule has 46 heavy (non-hydrogen) atoms. The molecule has 13 nitrogen and oxygen atoms in total. The molecule has 3 aliphatic heterocycles. The number of para-hydroxylation sites is 1. The number of anilines is 1. The predicted octanol–water partition coefficient (Wildman–Crippen LogP) is 2.78. The Morgan fingerprint density at radius 2 is 1.87 bits per heavy atom. The third-order valence-electron chi connectivity index (χ3n) is 8.91. The predicted molar refractivity (Wildman–Crippen MR) is 164 cm³/mol. The largest absolute Gasteiger partial charge is 0.469 e. The van der Waals surface area contributed by atoms with Gasteiger partial charge in [0.2, 0.25) is 23.6 Å². The molecule has 3 aliphatic rings. The van der Waals surface area contributed by atoms with Gasteiger partial charge in [-0.1, -0.05) is 58.0 Å². The molecule has 13 heteroatoms. The van der Waals surface area contributed by atoms with Crippen molar-refractivity contribution < 1.29 is 33.1 Å². The number of ether oxygens (including phenoxy) is 1. The van der Waals surface area contributed by atoms with E-state index < -0.39 is 47.6 Å². The zero-order chi connectivity index (χ0) is 32.5. The number of amides is 3. The van der Waals surface area contributed by atoms with E-state index in [1.807, 2.05) is 56.3 Å². The minimum Gasteiger partial charge on any atom is -0.469 e. The average Bonchev–Trinajstić information content (AvgIpc) is 3.79. The average molecular weight is 627 g/mol. The Morgan fingerprint density at radius 3 is 2.59 bits per heavy atom. The number of benzene rings is 2. The molecule has 0 saturated heterocycles. The minimum absolute atomic E-state index is 0.0115. The number of oxazole rings is 2. The molecule has 0 saturated carbocycles. The highest BCUT2D eigenvalue weighted by Gasteiger charge is 2.61. The molecular weight excluding hydrogens is 592 g/mol. The van der Waals surface area contributed by atoms with Gasteiger partial charge in [-0.25, -0.2) is 9.97 Å². The number of hydrogen-bond acceptors (Lipinski definition) is 10. The summed E-state index contributed by atoms with van der Waals surface area (Å²) in [5.74, 6) is -1.34. The van der Waals surface area contributed by atoms with E-state index in [0.717, 1.165) is 28.6 Å². The van der Waals surface area contributed by atoms with Crippen LogP contribution in [-0.2, 0) is 21.4 Å². The number of fused-ring (bicyclic) bond motifs is 4. The Bertz CT molecular complexity index is 1880. The topological polar surface area (TPSA) is 195 Å². The number of nitrogens with zero attached hydrogens (tertiary/aromatic N) is 2. The molecule has 4 aromatic rings. The number of aliphatic hydroxyl groups excluding tert-OH is 1. The maximum absolute atomic E-state index is 13.9. The second-order valence-electron chi connectivity index (χ2n) is 12.6. The fraction of sp³-hybridized carbons (Fsp3) is 0.364. The standard InChI is InChI=1S/C33H34N6O7/c1-14(2)23-31-39-24(30-36-21(13-44-30)27(34)41)26(46-31)33-17-7-5-6-8-19(17)37-32(33)45-22-10-9-16(11-18(22)33)12-20(28(42)38-23)35-29(43)25(40)15(3)4/h5-11,13-15,20,23,25,32,37,40H,12H2,1-4H3,(H2,34,41)(H,35,43)(H,38,42)/t20-,23-,25-,32-,33?/m0/s1. The zero-order valence-electron chi connectivity index (χ0n) is 25.7. The Balaban J connectivity index is 1.48. The summed E-state index contributed by atoms with van der Waals surface area (Å²) in [6, 6.07) is 11.6. The van der Waals surface area contributed by atoms with Crippen LogP contribution < -0.4 is 26.4 Å². The fourth-order valence-electron chi connectivity index (χ4n) is 6.50. The molecule has 6 N–H and O–H groups in total. The lowest BCUT2D eigenvalue weighted by atomic mass is 9.72. The van der Waals surface area contributed by atoms with Crippen LogP contribution in [0.5, 0.6) is 5.75 Å². The molecule has 1 spiro atoms. The number of hydrogen-bond donors (Lipinski definition) is 5. The van der Waals surface area contributed by atoms with E-state index in [2.05, 4.69) is 20.9 Å². The number of nitrogens with one attached hydrogen (secondary N) is 3. The van der Waals surface area contributed by atoms with Gasteiger partial charge in [0.25, 0.3) is 5.91 Å². The van der Waals surface area contributed by atoms with Gasteiger partial charge in [0.1, 0.15) is 35.6 Å². The van der Waals surface area contributed by atoms with Crippen molar-refractivity contribution in [3.63, 3.8) is 0 Å². The van der Waals surface area contributed by atoms with E-state index in [0.29, 0.717) is 11.5 Å². The summed E-state index contributed by atoms with van der Waals surface area (Å²) < 4.78 is 19.0. The summed E-state index contributed by atoms with van der Waals surface area (Å²) in [7, 11) is 0. The molecule has 4 bridgehead atoms. The normalized spacial score (nSPS) is 23.4. The van der Waals surface area contributed by atoms with E-state index in [-0.39, 0.29) is 41.4 Å². The zero-order valence-corrected chi connectivity index (χ0v) is 25.7. The number of carbonyl (C=O) groups excluding carboxylic acids is 3. The lowest BCUT2D eigenvalue weighted by Gasteiger charge is -2.29. The Kier molecular flexibility index (Phi) is 6.89. The van der Waals surface area contributed by atoms with Crippen molar-refractivity contribution >= 4 is 23.4 Å². The molecule has 5 heterocycles. The second kappa shape index (κ2) is 10.7. The Hall–Kier alpha value is -5.17. The maximum atomic E-state index is 13.9. The van der Waals surface area contributed by atoms with Crippen LogP contribution in [0.1, 0.15) is 72.6 Å². The number of rotatable bonds is 6. The molecule has 5 atom stereocenters. The van der Waals surface area contributed by atoms with Crippen molar-refractivity contribution in [1.82, 2.24) is 20.6 Å². The quantitative estimate of drug-likeness (QED) is 0.212. The van der Waals surface area contributed by atoms with E-state index in [4.69, 9.17) is 24.3 Å². The van der Waals surface area contributed by atoms with Crippen LogP contribution in [0.2, 0.25) is 0 Å². The van der Waals surface area contributed by atoms with Crippen LogP contribution in [0.25, 0.3) is 11.6 Å². The molecule has 238 valence electrons. The van der Waals surface area contributed by atoms with E-state index >= 15 is 0 Å². The number of carbonyl (C=O) groups is 3. The molecule has 2 aromatic heterocycles. The van der Waals surface area contributed by atoms with Gasteiger partial charge < -0.3 is 40.4 Å². The van der Waals surface area contributed by atoms with E-state index in [1.165, 1.54) is 0 Å².